The molecule has 1 aliphatic heterocycles. The fourth-order valence-electron chi connectivity index (χ4n) is 2.10. The second-order valence-electron chi connectivity index (χ2n) is 5.91. The van der Waals surface area contributed by atoms with Crippen molar-refractivity contribution in [3.63, 3.8) is 0 Å². The zero-order chi connectivity index (χ0) is 13.9. The van der Waals surface area contributed by atoms with Gasteiger partial charge >= 0.3 is 5.97 Å². The first-order valence-electron chi connectivity index (χ1n) is 6.80. The molecule has 1 atom stereocenters. The Morgan fingerprint density at radius 1 is 1.53 bits per heavy atom. The predicted molar refractivity (Wildman–Crippen MR) is 70.6 cm³/mol. The molecule has 5 nitrogen and oxygen atoms in total. The molecule has 0 bridgehead atoms. The molecular weight excluding hydrogens is 244 g/mol. The van der Waals surface area contributed by atoms with E-state index in [1.807, 2.05) is 27.0 Å². The van der Waals surface area contributed by atoms with E-state index in [1.165, 1.54) is 0 Å². The van der Waals surface area contributed by atoms with E-state index in [-0.39, 0.29) is 18.6 Å². The maximum Gasteiger partial charge on any atom is 0.310 e. The Balaban J connectivity index is 1.91. The number of carbonyl (C=O) groups is 1. The van der Waals surface area contributed by atoms with Crippen LogP contribution in [0.1, 0.15) is 51.8 Å². The zero-order valence-corrected chi connectivity index (χ0v) is 11.9. The molecule has 0 amide bonds. The van der Waals surface area contributed by atoms with Crippen LogP contribution in [0.5, 0.6) is 0 Å². The van der Waals surface area contributed by atoms with Gasteiger partial charge in [-0.25, -0.2) is 4.68 Å². The minimum atomic E-state index is -0.445. The quantitative estimate of drug-likeness (QED) is 0.789. The molecule has 106 valence electrons. The average Bonchev–Trinajstić information content (AvgIpc) is 2.76. The summed E-state index contributed by atoms with van der Waals surface area (Å²) >= 11 is 0. The van der Waals surface area contributed by atoms with Gasteiger partial charge in [0.1, 0.15) is 11.8 Å². The van der Waals surface area contributed by atoms with E-state index in [4.69, 9.17) is 9.47 Å². The molecule has 2 rings (SSSR count). The highest BCUT2D eigenvalue weighted by Crippen LogP contribution is 2.22. The largest absolute Gasteiger partial charge is 0.460 e. The second kappa shape index (κ2) is 5.74. The maximum absolute atomic E-state index is 11.7. The van der Waals surface area contributed by atoms with Crippen LogP contribution in [0, 0.1) is 0 Å². The van der Waals surface area contributed by atoms with Crippen LogP contribution in [0.2, 0.25) is 0 Å². The Hall–Kier alpha value is -1.36. The Morgan fingerprint density at radius 2 is 2.32 bits per heavy atom. The van der Waals surface area contributed by atoms with Crippen LogP contribution in [0.4, 0.5) is 0 Å². The standard InChI is InChI=1S/C14H22N2O3/c1-14(2,3)19-13(17)8-11-9-15-16(10-11)12-6-4-5-7-18-12/h9-10,12H,4-8H2,1-3H3. The summed E-state index contributed by atoms with van der Waals surface area (Å²) in [5.41, 5.74) is 0.419. The molecule has 1 saturated heterocycles. The molecule has 0 aromatic carbocycles. The van der Waals surface area contributed by atoms with Crippen molar-refractivity contribution in [1.29, 1.82) is 0 Å². The van der Waals surface area contributed by atoms with E-state index in [9.17, 15) is 4.79 Å². The van der Waals surface area contributed by atoms with Crippen LogP contribution in [0.15, 0.2) is 12.4 Å². The third-order valence-corrected chi connectivity index (χ3v) is 2.87. The highest BCUT2D eigenvalue weighted by molar-refractivity contribution is 5.72. The minimum absolute atomic E-state index is 0.0149. The summed E-state index contributed by atoms with van der Waals surface area (Å²) in [5, 5.41) is 4.27. The summed E-state index contributed by atoms with van der Waals surface area (Å²) in [7, 11) is 0. The van der Waals surface area contributed by atoms with Gasteiger partial charge in [-0.1, -0.05) is 0 Å². The van der Waals surface area contributed by atoms with E-state index in [2.05, 4.69) is 5.10 Å². The van der Waals surface area contributed by atoms with E-state index in [0.717, 1.165) is 31.4 Å². The van der Waals surface area contributed by atoms with Crippen molar-refractivity contribution in [3.8, 4) is 0 Å². The van der Waals surface area contributed by atoms with Crippen molar-refractivity contribution < 1.29 is 14.3 Å². The van der Waals surface area contributed by atoms with Gasteiger partial charge in [-0.05, 0) is 40.0 Å². The summed E-state index contributed by atoms with van der Waals surface area (Å²) in [5.74, 6) is -0.225. The van der Waals surface area contributed by atoms with Gasteiger partial charge in [0.15, 0.2) is 0 Å². The van der Waals surface area contributed by atoms with Crippen molar-refractivity contribution in [1.82, 2.24) is 9.78 Å². The van der Waals surface area contributed by atoms with Gasteiger partial charge < -0.3 is 9.47 Å². The molecular formula is C14H22N2O3. The molecule has 0 saturated carbocycles. The van der Waals surface area contributed by atoms with Gasteiger partial charge in [-0.3, -0.25) is 4.79 Å². The highest BCUT2D eigenvalue weighted by atomic mass is 16.6. The summed E-state index contributed by atoms with van der Waals surface area (Å²) in [6.07, 6.45) is 7.11. The van der Waals surface area contributed by atoms with Gasteiger partial charge in [0, 0.05) is 18.4 Å². The number of rotatable bonds is 3. The monoisotopic (exact) mass is 266 g/mol. The lowest BCUT2D eigenvalue weighted by atomic mass is 10.2. The molecule has 1 aromatic heterocycles. The van der Waals surface area contributed by atoms with Crippen molar-refractivity contribution in [3.05, 3.63) is 18.0 Å². The molecule has 0 spiro atoms. The van der Waals surface area contributed by atoms with Crippen molar-refractivity contribution in [2.45, 2.75) is 58.3 Å². The van der Waals surface area contributed by atoms with E-state index in [0.29, 0.717) is 0 Å². The zero-order valence-electron chi connectivity index (χ0n) is 11.9. The number of esters is 1. The first-order chi connectivity index (χ1) is 8.94. The Bertz CT molecular complexity index is 428. The van der Waals surface area contributed by atoms with Crippen molar-refractivity contribution in [2.75, 3.05) is 6.61 Å². The summed E-state index contributed by atoms with van der Waals surface area (Å²) in [6.45, 7) is 6.38. The maximum atomic E-state index is 11.7. The van der Waals surface area contributed by atoms with Gasteiger partial charge in [0.2, 0.25) is 0 Å². The second-order valence-corrected chi connectivity index (χ2v) is 5.91. The summed E-state index contributed by atoms with van der Waals surface area (Å²) in [6, 6.07) is 0. The molecule has 1 aliphatic rings. The van der Waals surface area contributed by atoms with Crippen molar-refractivity contribution in [2.24, 2.45) is 0 Å². The number of nitrogens with zero attached hydrogens (tertiary/aromatic N) is 2. The molecule has 0 radical (unpaired) electrons. The van der Waals surface area contributed by atoms with E-state index >= 15 is 0 Å². The molecule has 19 heavy (non-hydrogen) atoms. The van der Waals surface area contributed by atoms with Gasteiger partial charge in [0.25, 0.3) is 0 Å². The van der Waals surface area contributed by atoms with Crippen LogP contribution in [0.3, 0.4) is 0 Å². The van der Waals surface area contributed by atoms with Crippen LogP contribution < -0.4 is 0 Å². The van der Waals surface area contributed by atoms with Crippen LogP contribution in [0.25, 0.3) is 0 Å². The lowest BCUT2D eigenvalue weighted by Crippen LogP contribution is -2.24. The van der Waals surface area contributed by atoms with Crippen LogP contribution in [-0.2, 0) is 20.7 Å². The number of hydrogen-bond acceptors (Lipinski definition) is 4. The topological polar surface area (TPSA) is 53.3 Å². The molecule has 1 aromatic rings. The minimum Gasteiger partial charge on any atom is -0.460 e. The number of ether oxygens (including phenoxy) is 2. The van der Waals surface area contributed by atoms with E-state index in [1.54, 1.807) is 10.9 Å². The molecule has 5 heteroatoms. The molecule has 1 unspecified atom stereocenters. The molecule has 2 heterocycles. The summed E-state index contributed by atoms with van der Waals surface area (Å²) in [4.78, 5) is 11.7. The third kappa shape index (κ3) is 4.35. The number of carbonyl (C=O) groups excluding carboxylic acids is 1. The molecule has 0 aliphatic carbocycles. The average molecular weight is 266 g/mol. The third-order valence-electron chi connectivity index (χ3n) is 2.87. The fourth-order valence-corrected chi connectivity index (χ4v) is 2.10. The van der Waals surface area contributed by atoms with Gasteiger partial charge in [-0.15, -0.1) is 0 Å². The molecule has 0 N–H and O–H groups in total. The first-order valence-corrected chi connectivity index (χ1v) is 6.80. The van der Waals surface area contributed by atoms with Crippen LogP contribution >= 0.6 is 0 Å². The SMILES string of the molecule is CC(C)(C)OC(=O)Cc1cnn(C2CCCCO2)c1. The van der Waals surface area contributed by atoms with Crippen molar-refractivity contribution >= 4 is 5.97 Å². The smallest absolute Gasteiger partial charge is 0.310 e. The highest BCUT2D eigenvalue weighted by Gasteiger charge is 2.19. The van der Waals surface area contributed by atoms with Gasteiger partial charge in [-0.2, -0.15) is 5.10 Å². The van der Waals surface area contributed by atoms with Crippen LogP contribution in [-0.4, -0.2) is 28.0 Å². The normalized spacial score (nSPS) is 20.3. The van der Waals surface area contributed by atoms with Gasteiger partial charge in [0.05, 0.1) is 12.6 Å². The Kier molecular flexibility index (Phi) is 4.24. The Labute approximate surface area is 113 Å². The fraction of sp³-hybridized carbons (Fsp3) is 0.714. The predicted octanol–water partition coefficient (Wildman–Crippen LogP) is 2.47. The summed E-state index contributed by atoms with van der Waals surface area (Å²) < 4.78 is 12.7. The molecule has 1 fully saturated rings. The lowest BCUT2D eigenvalue weighted by Gasteiger charge is -2.22. The first kappa shape index (κ1) is 14.1. The number of hydrogen-bond donors (Lipinski definition) is 0. The lowest BCUT2D eigenvalue weighted by molar-refractivity contribution is -0.153. The van der Waals surface area contributed by atoms with E-state index < -0.39 is 5.60 Å². The number of aromatic nitrogens is 2. The Morgan fingerprint density at radius 3 is 2.95 bits per heavy atom.